The fourth-order valence-electron chi connectivity index (χ4n) is 2.84. The maximum atomic E-state index is 12.2. The van der Waals surface area contributed by atoms with Crippen LogP contribution >= 0.6 is 0 Å². The molecule has 0 atom stereocenters. The van der Waals surface area contributed by atoms with E-state index in [-0.39, 0.29) is 5.91 Å². The van der Waals surface area contributed by atoms with E-state index in [0.717, 1.165) is 49.8 Å². The standard InChI is InChI=1S/C20H24N2O3/c1-24-19-8-4-16(5-9-19)14-20(23)21-18-6-2-17(3-7-18)15-22-10-12-25-13-11-22/h2-9H,10-15H2,1H3,(H,21,23). The lowest BCUT2D eigenvalue weighted by molar-refractivity contribution is -0.115. The molecule has 1 aliphatic heterocycles. The van der Waals surface area contributed by atoms with Crippen LogP contribution in [0.5, 0.6) is 5.75 Å². The molecule has 1 amide bonds. The number of nitrogens with zero attached hydrogens (tertiary/aromatic N) is 1. The molecule has 1 fully saturated rings. The molecule has 1 aliphatic rings. The van der Waals surface area contributed by atoms with E-state index in [1.54, 1.807) is 7.11 Å². The summed E-state index contributed by atoms with van der Waals surface area (Å²) >= 11 is 0. The summed E-state index contributed by atoms with van der Waals surface area (Å²) in [5.74, 6) is 0.770. The van der Waals surface area contributed by atoms with E-state index in [2.05, 4.69) is 22.3 Å². The average molecular weight is 340 g/mol. The number of methoxy groups -OCH3 is 1. The van der Waals surface area contributed by atoms with Crippen molar-refractivity contribution < 1.29 is 14.3 Å². The van der Waals surface area contributed by atoms with Crippen molar-refractivity contribution in [2.45, 2.75) is 13.0 Å². The number of ether oxygens (including phenoxy) is 2. The molecule has 0 saturated carbocycles. The Labute approximate surface area is 148 Å². The first kappa shape index (κ1) is 17.5. The molecule has 0 spiro atoms. The van der Waals surface area contributed by atoms with Crippen LogP contribution in [0.3, 0.4) is 0 Å². The number of carbonyl (C=O) groups excluding carboxylic acids is 1. The normalized spacial score (nSPS) is 14.9. The third-order valence-corrected chi connectivity index (χ3v) is 4.27. The number of hydrogen-bond acceptors (Lipinski definition) is 4. The van der Waals surface area contributed by atoms with E-state index in [1.165, 1.54) is 5.56 Å². The second kappa shape index (κ2) is 8.65. The average Bonchev–Trinajstić information content (AvgIpc) is 2.65. The smallest absolute Gasteiger partial charge is 0.228 e. The zero-order valence-electron chi connectivity index (χ0n) is 14.5. The summed E-state index contributed by atoms with van der Waals surface area (Å²) in [6.07, 6.45) is 0.347. The van der Waals surface area contributed by atoms with Crippen LogP contribution in [0.25, 0.3) is 0 Å². The highest BCUT2D eigenvalue weighted by Crippen LogP contribution is 2.15. The van der Waals surface area contributed by atoms with Crippen LogP contribution in [-0.2, 0) is 22.5 Å². The number of amides is 1. The minimum Gasteiger partial charge on any atom is -0.497 e. The van der Waals surface area contributed by atoms with Crippen LogP contribution in [-0.4, -0.2) is 44.2 Å². The monoisotopic (exact) mass is 340 g/mol. The minimum atomic E-state index is -0.0221. The summed E-state index contributed by atoms with van der Waals surface area (Å²) in [5, 5.41) is 2.95. The van der Waals surface area contributed by atoms with E-state index < -0.39 is 0 Å². The molecule has 0 aromatic heterocycles. The molecule has 1 N–H and O–H groups in total. The Morgan fingerprint density at radius 3 is 2.32 bits per heavy atom. The van der Waals surface area contributed by atoms with Crippen molar-refractivity contribution in [3.63, 3.8) is 0 Å². The van der Waals surface area contributed by atoms with E-state index in [0.29, 0.717) is 6.42 Å². The number of morpholine rings is 1. The van der Waals surface area contributed by atoms with E-state index in [9.17, 15) is 4.79 Å². The second-order valence-electron chi connectivity index (χ2n) is 6.16. The van der Waals surface area contributed by atoms with Crippen LogP contribution in [0.15, 0.2) is 48.5 Å². The highest BCUT2D eigenvalue weighted by Gasteiger charge is 2.10. The lowest BCUT2D eigenvalue weighted by atomic mass is 10.1. The fourth-order valence-corrected chi connectivity index (χ4v) is 2.84. The van der Waals surface area contributed by atoms with Crippen LogP contribution in [0, 0.1) is 0 Å². The van der Waals surface area contributed by atoms with Crippen molar-refractivity contribution in [1.82, 2.24) is 4.90 Å². The van der Waals surface area contributed by atoms with Gasteiger partial charge in [-0.05, 0) is 35.4 Å². The van der Waals surface area contributed by atoms with Gasteiger partial charge in [0, 0.05) is 25.3 Å². The minimum absolute atomic E-state index is 0.0221. The van der Waals surface area contributed by atoms with Gasteiger partial charge in [-0.1, -0.05) is 24.3 Å². The van der Waals surface area contributed by atoms with Crippen molar-refractivity contribution in [2.24, 2.45) is 0 Å². The van der Waals surface area contributed by atoms with Gasteiger partial charge in [0.15, 0.2) is 0 Å². The Hall–Kier alpha value is -2.37. The molecule has 0 bridgehead atoms. The SMILES string of the molecule is COc1ccc(CC(=O)Nc2ccc(CN3CCOCC3)cc2)cc1. The molecule has 0 radical (unpaired) electrons. The summed E-state index contributed by atoms with van der Waals surface area (Å²) in [6.45, 7) is 4.48. The highest BCUT2D eigenvalue weighted by molar-refractivity contribution is 5.92. The Bertz CT molecular complexity index is 677. The molecule has 2 aromatic rings. The lowest BCUT2D eigenvalue weighted by Crippen LogP contribution is -2.35. The van der Waals surface area contributed by atoms with Gasteiger partial charge in [0.2, 0.25) is 5.91 Å². The Kier molecular flexibility index (Phi) is 6.04. The van der Waals surface area contributed by atoms with Crippen LogP contribution in [0.1, 0.15) is 11.1 Å². The molecule has 1 heterocycles. The van der Waals surface area contributed by atoms with Crippen LogP contribution in [0.2, 0.25) is 0 Å². The summed E-state index contributed by atoms with van der Waals surface area (Å²) in [4.78, 5) is 14.5. The van der Waals surface area contributed by atoms with Gasteiger partial charge in [0.05, 0.1) is 26.7 Å². The van der Waals surface area contributed by atoms with Gasteiger partial charge in [0.1, 0.15) is 5.75 Å². The number of nitrogens with one attached hydrogen (secondary N) is 1. The van der Waals surface area contributed by atoms with Crippen molar-refractivity contribution in [1.29, 1.82) is 0 Å². The molecule has 0 aliphatic carbocycles. The molecule has 2 aromatic carbocycles. The van der Waals surface area contributed by atoms with E-state index >= 15 is 0 Å². The predicted molar refractivity (Wildman–Crippen MR) is 97.9 cm³/mol. The maximum absolute atomic E-state index is 12.2. The fraction of sp³-hybridized carbons (Fsp3) is 0.350. The van der Waals surface area contributed by atoms with Gasteiger partial charge in [-0.15, -0.1) is 0 Å². The van der Waals surface area contributed by atoms with E-state index in [1.807, 2.05) is 36.4 Å². The van der Waals surface area contributed by atoms with Crippen molar-refractivity contribution in [3.05, 3.63) is 59.7 Å². The number of rotatable bonds is 6. The number of anilines is 1. The molecule has 5 nitrogen and oxygen atoms in total. The van der Waals surface area contributed by atoms with E-state index in [4.69, 9.17) is 9.47 Å². The second-order valence-corrected chi connectivity index (χ2v) is 6.16. The van der Waals surface area contributed by atoms with Gasteiger partial charge < -0.3 is 14.8 Å². The zero-order valence-corrected chi connectivity index (χ0v) is 14.5. The maximum Gasteiger partial charge on any atom is 0.228 e. The van der Waals surface area contributed by atoms with Gasteiger partial charge >= 0.3 is 0 Å². The Morgan fingerprint density at radius 1 is 1.04 bits per heavy atom. The molecule has 3 rings (SSSR count). The zero-order chi connectivity index (χ0) is 17.5. The van der Waals surface area contributed by atoms with Crippen molar-refractivity contribution in [3.8, 4) is 5.75 Å². The summed E-state index contributed by atoms with van der Waals surface area (Å²) < 4.78 is 10.5. The molecule has 0 unspecified atom stereocenters. The number of hydrogen-bond donors (Lipinski definition) is 1. The summed E-state index contributed by atoms with van der Waals surface area (Å²) in [6, 6.07) is 15.6. The quantitative estimate of drug-likeness (QED) is 0.878. The van der Waals surface area contributed by atoms with Gasteiger partial charge in [0.25, 0.3) is 0 Å². The number of benzene rings is 2. The third-order valence-electron chi connectivity index (χ3n) is 4.27. The van der Waals surface area contributed by atoms with Gasteiger partial charge in [-0.2, -0.15) is 0 Å². The van der Waals surface area contributed by atoms with Crippen molar-refractivity contribution in [2.75, 3.05) is 38.7 Å². The first-order valence-corrected chi connectivity index (χ1v) is 8.55. The van der Waals surface area contributed by atoms with Crippen LogP contribution in [0.4, 0.5) is 5.69 Å². The molecule has 132 valence electrons. The molecule has 1 saturated heterocycles. The summed E-state index contributed by atoms with van der Waals surface area (Å²) in [5.41, 5.74) is 3.03. The first-order chi connectivity index (χ1) is 12.2. The molecular weight excluding hydrogens is 316 g/mol. The highest BCUT2D eigenvalue weighted by atomic mass is 16.5. The first-order valence-electron chi connectivity index (χ1n) is 8.55. The van der Waals surface area contributed by atoms with Crippen LogP contribution < -0.4 is 10.1 Å². The summed E-state index contributed by atoms with van der Waals surface area (Å²) in [7, 11) is 1.63. The Morgan fingerprint density at radius 2 is 1.68 bits per heavy atom. The van der Waals surface area contributed by atoms with Gasteiger partial charge in [-0.3, -0.25) is 9.69 Å². The van der Waals surface area contributed by atoms with Crippen molar-refractivity contribution >= 4 is 11.6 Å². The lowest BCUT2D eigenvalue weighted by Gasteiger charge is -2.26. The molecular formula is C20H24N2O3. The molecule has 5 heteroatoms. The topological polar surface area (TPSA) is 50.8 Å². The third kappa shape index (κ3) is 5.31. The van der Waals surface area contributed by atoms with Gasteiger partial charge in [-0.25, -0.2) is 0 Å². The number of carbonyl (C=O) groups is 1. The Balaban J connectivity index is 1.50. The predicted octanol–water partition coefficient (Wildman–Crippen LogP) is 2.71. The largest absolute Gasteiger partial charge is 0.497 e. The molecule has 25 heavy (non-hydrogen) atoms.